The van der Waals surface area contributed by atoms with E-state index in [1.165, 1.54) is 18.2 Å². The van der Waals surface area contributed by atoms with E-state index in [4.69, 9.17) is 14.6 Å². The third-order valence-electron chi connectivity index (χ3n) is 2.25. The molecule has 0 aliphatic rings. The molecular formula is C13H14O6. The van der Waals surface area contributed by atoms with Crippen molar-refractivity contribution in [3.8, 4) is 0 Å². The van der Waals surface area contributed by atoms with Crippen LogP contribution in [0.15, 0.2) is 24.3 Å². The number of hydrogen-bond acceptors (Lipinski definition) is 5. The van der Waals surface area contributed by atoms with Gasteiger partial charge in [-0.15, -0.1) is 0 Å². The van der Waals surface area contributed by atoms with Crippen LogP contribution in [0.4, 0.5) is 0 Å². The molecule has 0 amide bonds. The second kappa shape index (κ2) is 7.15. The Morgan fingerprint density at radius 1 is 1.05 bits per heavy atom. The summed E-state index contributed by atoms with van der Waals surface area (Å²) < 4.78 is 9.56. The summed E-state index contributed by atoms with van der Waals surface area (Å²) in [6.07, 6.45) is 0.246. The van der Waals surface area contributed by atoms with Crippen LogP contribution in [0.2, 0.25) is 0 Å². The largest absolute Gasteiger partial charge is 0.478 e. The molecule has 19 heavy (non-hydrogen) atoms. The highest BCUT2D eigenvalue weighted by molar-refractivity contribution is 6.02. The van der Waals surface area contributed by atoms with Gasteiger partial charge in [0, 0.05) is 6.42 Å². The number of carbonyl (C=O) groups excluding carboxylic acids is 2. The van der Waals surface area contributed by atoms with Gasteiger partial charge >= 0.3 is 17.9 Å². The fraction of sp³-hybridized carbons (Fsp3) is 0.308. The number of carboxylic acid groups (broad SMARTS) is 1. The average molecular weight is 266 g/mol. The maximum atomic E-state index is 11.7. The van der Waals surface area contributed by atoms with Crippen molar-refractivity contribution in [2.45, 2.75) is 13.3 Å². The Labute approximate surface area is 109 Å². The van der Waals surface area contributed by atoms with E-state index < -0.39 is 11.9 Å². The van der Waals surface area contributed by atoms with Gasteiger partial charge < -0.3 is 14.6 Å². The van der Waals surface area contributed by atoms with Gasteiger partial charge in [-0.2, -0.15) is 0 Å². The molecule has 0 radical (unpaired) electrons. The van der Waals surface area contributed by atoms with Crippen molar-refractivity contribution in [1.29, 1.82) is 0 Å². The lowest BCUT2D eigenvalue weighted by atomic mass is 10.1. The van der Waals surface area contributed by atoms with Crippen LogP contribution in [0.5, 0.6) is 0 Å². The zero-order valence-corrected chi connectivity index (χ0v) is 10.4. The molecule has 0 aliphatic carbocycles. The molecule has 0 saturated heterocycles. The van der Waals surface area contributed by atoms with Crippen LogP contribution in [0.1, 0.15) is 34.1 Å². The molecule has 0 heterocycles. The Hall–Kier alpha value is -2.37. The van der Waals surface area contributed by atoms with E-state index in [2.05, 4.69) is 0 Å². The van der Waals surface area contributed by atoms with E-state index in [-0.39, 0.29) is 36.7 Å². The lowest BCUT2D eigenvalue weighted by Crippen LogP contribution is -2.15. The summed E-state index contributed by atoms with van der Waals surface area (Å²) in [5.41, 5.74) is -0.158. The molecule has 1 N–H and O–H groups in total. The zero-order chi connectivity index (χ0) is 14.3. The first-order valence-corrected chi connectivity index (χ1v) is 5.71. The van der Waals surface area contributed by atoms with Crippen LogP contribution in [0.3, 0.4) is 0 Å². The highest BCUT2D eigenvalue weighted by Crippen LogP contribution is 2.10. The molecule has 0 aliphatic heterocycles. The van der Waals surface area contributed by atoms with Gasteiger partial charge in [0.2, 0.25) is 0 Å². The molecule has 1 aromatic rings. The number of benzene rings is 1. The third kappa shape index (κ3) is 4.42. The molecule has 6 heteroatoms. The van der Waals surface area contributed by atoms with Gasteiger partial charge in [0.1, 0.15) is 13.2 Å². The van der Waals surface area contributed by atoms with Gasteiger partial charge in [-0.25, -0.2) is 9.59 Å². The number of hydrogen-bond donors (Lipinski definition) is 1. The Morgan fingerprint density at radius 3 is 2.21 bits per heavy atom. The Balaban J connectivity index is 2.55. The van der Waals surface area contributed by atoms with Crippen LogP contribution in [-0.4, -0.2) is 36.2 Å². The molecule has 0 unspecified atom stereocenters. The van der Waals surface area contributed by atoms with Crippen molar-refractivity contribution >= 4 is 17.9 Å². The molecular weight excluding hydrogens is 252 g/mol. The van der Waals surface area contributed by atoms with Crippen LogP contribution < -0.4 is 0 Å². The summed E-state index contributed by atoms with van der Waals surface area (Å²) in [5, 5.41) is 8.91. The fourth-order valence-corrected chi connectivity index (χ4v) is 1.32. The minimum Gasteiger partial charge on any atom is -0.478 e. The van der Waals surface area contributed by atoms with Crippen LogP contribution in [0.25, 0.3) is 0 Å². The predicted octanol–water partition coefficient (Wildman–Crippen LogP) is 1.49. The number of rotatable bonds is 6. The maximum absolute atomic E-state index is 11.7. The second-order valence-electron chi connectivity index (χ2n) is 3.56. The van der Waals surface area contributed by atoms with Crippen LogP contribution in [0, 0.1) is 0 Å². The van der Waals surface area contributed by atoms with Crippen LogP contribution >= 0.6 is 0 Å². The van der Waals surface area contributed by atoms with Gasteiger partial charge in [0.25, 0.3) is 0 Å². The van der Waals surface area contributed by atoms with E-state index in [1.54, 1.807) is 13.0 Å². The first kappa shape index (κ1) is 14.7. The number of ether oxygens (including phenoxy) is 2. The fourth-order valence-electron chi connectivity index (χ4n) is 1.32. The van der Waals surface area contributed by atoms with E-state index in [1.807, 2.05) is 0 Å². The minimum absolute atomic E-state index is 0.0307. The first-order chi connectivity index (χ1) is 9.06. The average Bonchev–Trinajstić information content (AvgIpc) is 2.42. The number of carboxylic acids is 1. The molecule has 6 nitrogen and oxygen atoms in total. The highest BCUT2D eigenvalue weighted by atomic mass is 16.6. The van der Waals surface area contributed by atoms with Crippen molar-refractivity contribution in [1.82, 2.24) is 0 Å². The van der Waals surface area contributed by atoms with Crippen LogP contribution in [-0.2, 0) is 14.3 Å². The molecule has 1 rings (SSSR count). The van der Waals surface area contributed by atoms with Gasteiger partial charge in [0.05, 0.1) is 11.1 Å². The smallest absolute Gasteiger partial charge is 0.339 e. The van der Waals surface area contributed by atoms with Gasteiger partial charge in [0.15, 0.2) is 0 Å². The van der Waals surface area contributed by atoms with E-state index in [0.29, 0.717) is 0 Å². The van der Waals surface area contributed by atoms with Gasteiger partial charge in [-0.05, 0) is 12.1 Å². The van der Waals surface area contributed by atoms with Crippen molar-refractivity contribution in [2.24, 2.45) is 0 Å². The standard InChI is InChI=1S/C13H14O6/c1-2-11(14)18-7-8-19-13(17)10-6-4-3-5-9(10)12(15)16/h3-6H,2,7-8H2,1H3,(H,15,16). The summed E-state index contributed by atoms with van der Waals surface area (Å²) in [5.74, 6) is -2.35. The summed E-state index contributed by atoms with van der Waals surface area (Å²) in [6, 6.07) is 5.74. The molecule has 0 bridgehead atoms. The summed E-state index contributed by atoms with van der Waals surface area (Å²) in [6.45, 7) is 1.49. The van der Waals surface area contributed by atoms with E-state index in [9.17, 15) is 14.4 Å². The maximum Gasteiger partial charge on any atom is 0.339 e. The number of esters is 2. The monoisotopic (exact) mass is 266 g/mol. The summed E-state index contributed by atoms with van der Waals surface area (Å²) >= 11 is 0. The third-order valence-corrected chi connectivity index (χ3v) is 2.25. The quantitative estimate of drug-likeness (QED) is 0.619. The minimum atomic E-state index is -1.20. The number of carbonyl (C=O) groups is 3. The van der Waals surface area contributed by atoms with E-state index in [0.717, 1.165) is 0 Å². The predicted molar refractivity (Wildman–Crippen MR) is 64.9 cm³/mol. The van der Waals surface area contributed by atoms with Crippen molar-refractivity contribution in [3.05, 3.63) is 35.4 Å². The molecule has 0 fully saturated rings. The Kier molecular flexibility index (Phi) is 5.53. The lowest BCUT2D eigenvalue weighted by Gasteiger charge is -2.07. The normalized spacial score (nSPS) is 9.74. The Bertz CT molecular complexity index is 480. The number of aromatic carboxylic acids is 1. The summed E-state index contributed by atoms with van der Waals surface area (Å²) in [4.78, 5) is 33.4. The molecule has 0 spiro atoms. The topological polar surface area (TPSA) is 89.9 Å². The SMILES string of the molecule is CCC(=O)OCCOC(=O)c1ccccc1C(=O)O. The van der Waals surface area contributed by atoms with Gasteiger partial charge in [-0.3, -0.25) is 4.79 Å². The Morgan fingerprint density at radius 2 is 1.63 bits per heavy atom. The van der Waals surface area contributed by atoms with Crippen molar-refractivity contribution in [2.75, 3.05) is 13.2 Å². The van der Waals surface area contributed by atoms with Crippen molar-refractivity contribution < 1.29 is 29.0 Å². The van der Waals surface area contributed by atoms with Crippen molar-refractivity contribution in [3.63, 3.8) is 0 Å². The molecule has 0 saturated carbocycles. The summed E-state index contributed by atoms with van der Waals surface area (Å²) in [7, 11) is 0. The lowest BCUT2D eigenvalue weighted by molar-refractivity contribution is -0.144. The molecule has 1 aromatic carbocycles. The molecule has 0 atom stereocenters. The van der Waals surface area contributed by atoms with E-state index >= 15 is 0 Å². The molecule has 102 valence electrons. The highest BCUT2D eigenvalue weighted by Gasteiger charge is 2.16. The second-order valence-corrected chi connectivity index (χ2v) is 3.56. The first-order valence-electron chi connectivity index (χ1n) is 5.71. The molecule has 0 aromatic heterocycles. The zero-order valence-electron chi connectivity index (χ0n) is 10.4. The van der Waals surface area contributed by atoms with Gasteiger partial charge in [-0.1, -0.05) is 19.1 Å².